The van der Waals surface area contributed by atoms with E-state index in [1.54, 1.807) is 0 Å². The van der Waals surface area contributed by atoms with Gasteiger partial charge in [0, 0.05) is 38.1 Å². The van der Waals surface area contributed by atoms with Crippen molar-refractivity contribution in [3.05, 3.63) is 35.9 Å². The minimum absolute atomic E-state index is 0.0760. The number of nitrogens with zero attached hydrogens (tertiary/aromatic N) is 2. The topological polar surface area (TPSA) is 103 Å². The number of likely N-dealkylation sites (tertiary alicyclic amines) is 1. The van der Waals surface area contributed by atoms with Crippen molar-refractivity contribution in [1.82, 2.24) is 20.3 Å². The number of carbonyl (C=O) groups excluding carboxylic acids is 1. The Morgan fingerprint density at radius 3 is 2.61 bits per heavy atom. The van der Waals surface area contributed by atoms with Gasteiger partial charge in [0.1, 0.15) is 0 Å². The fourth-order valence-electron chi connectivity index (χ4n) is 4.16. The van der Waals surface area contributed by atoms with Gasteiger partial charge in [-0.3, -0.25) is 9.79 Å². The van der Waals surface area contributed by atoms with E-state index in [2.05, 4.69) is 20.3 Å². The Balaban J connectivity index is 1.45. The summed E-state index contributed by atoms with van der Waals surface area (Å²) in [6.07, 6.45) is 5.23. The fourth-order valence-corrected chi connectivity index (χ4v) is 5.02. The molecule has 2 aliphatic rings. The van der Waals surface area contributed by atoms with Crippen LogP contribution < -0.4 is 15.4 Å². The Hall–Kier alpha value is -2.13. The summed E-state index contributed by atoms with van der Waals surface area (Å²) in [5, 5.41) is 6.54. The van der Waals surface area contributed by atoms with E-state index >= 15 is 0 Å². The van der Waals surface area contributed by atoms with Gasteiger partial charge < -0.3 is 15.5 Å². The number of rotatable bonds is 9. The zero-order valence-corrected chi connectivity index (χ0v) is 19.2. The van der Waals surface area contributed by atoms with E-state index in [4.69, 9.17) is 0 Å². The first-order valence-corrected chi connectivity index (χ1v) is 13.0. The molecule has 0 spiro atoms. The number of carbonyl (C=O) groups is 1. The molecule has 1 unspecified atom stereocenters. The lowest BCUT2D eigenvalue weighted by Gasteiger charge is -2.21. The van der Waals surface area contributed by atoms with Crippen LogP contribution in [-0.2, 0) is 21.4 Å². The Bertz CT molecular complexity index is 838. The maximum atomic E-state index is 12.6. The minimum Gasteiger partial charge on any atom is -0.357 e. The van der Waals surface area contributed by atoms with Gasteiger partial charge in [0.05, 0.1) is 12.3 Å². The first kappa shape index (κ1) is 23.5. The summed E-state index contributed by atoms with van der Waals surface area (Å²) in [5.41, 5.74) is 0.919. The van der Waals surface area contributed by atoms with Crippen LogP contribution in [0.2, 0.25) is 0 Å². The molecule has 1 amide bonds. The second-order valence-corrected chi connectivity index (χ2v) is 10.2. The van der Waals surface area contributed by atoms with Gasteiger partial charge in [-0.15, -0.1) is 0 Å². The third kappa shape index (κ3) is 7.50. The van der Waals surface area contributed by atoms with E-state index in [-0.39, 0.29) is 30.8 Å². The number of amides is 1. The molecule has 1 atom stereocenters. The van der Waals surface area contributed by atoms with Gasteiger partial charge in [-0.1, -0.05) is 43.2 Å². The quantitative estimate of drug-likeness (QED) is 0.391. The molecule has 1 saturated carbocycles. The average molecular weight is 450 g/mol. The van der Waals surface area contributed by atoms with E-state index < -0.39 is 10.0 Å². The first-order valence-electron chi connectivity index (χ1n) is 11.3. The van der Waals surface area contributed by atoms with Crippen molar-refractivity contribution in [3.63, 3.8) is 0 Å². The number of guanidine groups is 1. The number of aliphatic imine (C=N–C) groups is 1. The summed E-state index contributed by atoms with van der Waals surface area (Å²) < 4.78 is 27.1. The molecular formula is C22H35N5O3S. The highest BCUT2D eigenvalue weighted by atomic mass is 32.2. The van der Waals surface area contributed by atoms with Crippen molar-refractivity contribution in [2.45, 2.75) is 51.6 Å². The number of hydrogen-bond donors (Lipinski definition) is 3. The van der Waals surface area contributed by atoms with Gasteiger partial charge in [0.25, 0.3) is 0 Å². The third-order valence-corrected chi connectivity index (χ3v) is 7.16. The predicted molar refractivity (Wildman–Crippen MR) is 123 cm³/mol. The molecule has 2 fully saturated rings. The summed E-state index contributed by atoms with van der Waals surface area (Å²) in [7, 11) is -3.41. The summed E-state index contributed by atoms with van der Waals surface area (Å²) in [6.45, 7) is 4.54. The average Bonchev–Trinajstić information content (AvgIpc) is 3.45. The van der Waals surface area contributed by atoms with Crippen LogP contribution in [0.15, 0.2) is 35.3 Å². The normalized spacial score (nSPS) is 20.2. The summed E-state index contributed by atoms with van der Waals surface area (Å²) in [6, 6.07) is 9.57. The number of sulfonamides is 1. The Morgan fingerprint density at radius 2 is 1.90 bits per heavy atom. The van der Waals surface area contributed by atoms with Gasteiger partial charge in [-0.25, -0.2) is 13.1 Å². The summed E-state index contributed by atoms with van der Waals surface area (Å²) in [5.74, 6) is 1.02. The van der Waals surface area contributed by atoms with Crippen molar-refractivity contribution in [1.29, 1.82) is 0 Å². The molecular weight excluding hydrogens is 414 g/mol. The zero-order chi connectivity index (χ0) is 22.1. The van der Waals surface area contributed by atoms with Crippen molar-refractivity contribution in [3.8, 4) is 0 Å². The lowest BCUT2D eigenvalue weighted by molar-refractivity contribution is -0.134. The van der Waals surface area contributed by atoms with E-state index in [9.17, 15) is 13.2 Å². The zero-order valence-electron chi connectivity index (χ0n) is 18.3. The van der Waals surface area contributed by atoms with E-state index in [1.165, 1.54) is 0 Å². The minimum atomic E-state index is -3.41. The lowest BCUT2D eigenvalue weighted by Crippen LogP contribution is -2.45. The second kappa shape index (κ2) is 11.5. The highest BCUT2D eigenvalue weighted by molar-refractivity contribution is 7.89. The van der Waals surface area contributed by atoms with Crippen LogP contribution in [0.25, 0.3) is 0 Å². The second-order valence-electron chi connectivity index (χ2n) is 8.28. The highest BCUT2D eigenvalue weighted by Crippen LogP contribution is 2.27. The molecule has 0 aromatic heterocycles. The summed E-state index contributed by atoms with van der Waals surface area (Å²) in [4.78, 5) is 19.0. The molecule has 1 aromatic carbocycles. The SMILES string of the molecule is CCNC(=NCCS(=O)(=O)NCc1ccccc1)NC1CCN(C(=O)C2CCCC2)C1. The summed E-state index contributed by atoms with van der Waals surface area (Å²) >= 11 is 0. The van der Waals surface area contributed by atoms with Gasteiger partial charge in [0.2, 0.25) is 15.9 Å². The van der Waals surface area contributed by atoms with Gasteiger partial charge in [-0.2, -0.15) is 0 Å². The Morgan fingerprint density at radius 1 is 1.16 bits per heavy atom. The molecule has 3 rings (SSSR count). The van der Waals surface area contributed by atoms with Gasteiger partial charge in [-0.05, 0) is 31.7 Å². The first-order chi connectivity index (χ1) is 15.0. The van der Waals surface area contributed by atoms with Crippen LogP contribution >= 0.6 is 0 Å². The molecule has 0 radical (unpaired) electrons. The van der Waals surface area contributed by atoms with Gasteiger partial charge >= 0.3 is 0 Å². The fraction of sp³-hybridized carbons (Fsp3) is 0.636. The van der Waals surface area contributed by atoms with Crippen molar-refractivity contribution >= 4 is 21.9 Å². The number of benzene rings is 1. The van der Waals surface area contributed by atoms with Crippen molar-refractivity contribution in [2.75, 3.05) is 31.9 Å². The lowest BCUT2D eigenvalue weighted by atomic mass is 10.1. The molecule has 3 N–H and O–H groups in total. The molecule has 9 heteroatoms. The molecule has 1 saturated heterocycles. The maximum Gasteiger partial charge on any atom is 0.225 e. The molecule has 172 valence electrons. The highest BCUT2D eigenvalue weighted by Gasteiger charge is 2.32. The third-order valence-electron chi connectivity index (χ3n) is 5.86. The van der Waals surface area contributed by atoms with Crippen molar-refractivity contribution < 1.29 is 13.2 Å². The van der Waals surface area contributed by atoms with E-state index in [0.29, 0.717) is 25.0 Å². The monoisotopic (exact) mass is 449 g/mol. The van der Waals surface area contributed by atoms with E-state index in [0.717, 1.165) is 44.2 Å². The van der Waals surface area contributed by atoms with Crippen LogP contribution in [-0.4, -0.2) is 63.2 Å². The molecule has 1 aromatic rings. The maximum absolute atomic E-state index is 12.6. The van der Waals surface area contributed by atoms with Crippen LogP contribution in [0, 0.1) is 5.92 Å². The van der Waals surface area contributed by atoms with Crippen molar-refractivity contribution in [2.24, 2.45) is 10.9 Å². The molecule has 1 aliphatic heterocycles. The largest absolute Gasteiger partial charge is 0.357 e. The molecule has 8 nitrogen and oxygen atoms in total. The standard InChI is InChI=1S/C22H35N5O3S/c1-2-23-22(24-13-15-31(29,30)25-16-18-8-4-3-5-9-18)26-20-12-14-27(17-20)21(28)19-10-6-7-11-19/h3-5,8-9,19-20,25H,2,6-7,10-17H2,1H3,(H2,23,24,26). The van der Waals surface area contributed by atoms with Gasteiger partial charge in [0.15, 0.2) is 5.96 Å². The van der Waals surface area contributed by atoms with Crippen LogP contribution in [0.4, 0.5) is 0 Å². The smallest absolute Gasteiger partial charge is 0.225 e. The van der Waals surface area contributed by atoms with Crippen LogP contribution in [0.3, 0.4) is 0 Å². The molecule has 31 heavy (non-hydrogen) atoms. The predicted octanol–water partition coefficient (Wildman–Crippen LogP) is 1.45. The van der Waals surface area contributed by atoms with Crippen LogP contribution in [0.1, 0.15) is 44.6 Å². The number of hydrogen-bond acceptors (Lipinski definition) is 4. The van der Waals surface area contributed by atoms with E-state index in [1.807, 2.05) is 42.2 Å². The van der Waals surface area contributed by atoms with Crippen LogP contribution in [0.5, 0.6) is 0 Å². The Kier molecular flexibility index (Phi) is 8.71. The number of nitrogens with one attached hydrogen (secondary N) is 3. The Labute approximate surface area is 185 Å². The molecule has 0 bridgehead atoms. The molecule has 1 heterocycles. The molecule has 1 aliphatic carbocycles.